The van der Waals surface area contributed by atoms with Gasteiger partial charge in [-0.25, -0.2) is 0 Å². The largest absolute Gasteiger partial charge is 0.491 e. The molecule has 0 spiro atoms. The van der Waals surface area contributed by atoms with E-state index < -0.39 is 0 Å². The molecule has 0 radical (unpaired) electrons. The fourth-order valence-electron chi connectivity index (χ4n) is 2.84. The number of hydrogen-bond acceptors (Lipinski definition) is 4. The molecule has 0 bridgehead atoms. The highest BCUT2D eigenvalue weighted by atomic mass is 16.6. The first-order chi connectivity index (χ1) is 10.4. The first kappa shape index (κ1) is 12.5. The van der Waals surface area contributed by atoms with Gasteiger partial charge in [-0.2, -0.15) is 0 Å². The zero-order valence-corrected chi connectivity index (χ0v) is 11.7. The van der Waals surface area contributed by atoms with Gasteiger partial charge in [0.15, 0.2) is 11.5 Å². The molecule has 0 saturated carbocycles. The van der Waals surface area contributed by atoms with Crippen LogP contribution in [0.5, 0.6) is 17.2 Å². The number of benzene rings is 2. The van der Waals surface area contributed by atoms with Crippen LogP contribution < -0.4 is 19.5 Å². The Morgan fingerprint density at radius 2 is 1.76 bits per heavy atom. The number of rotatable bonds is 3. The van der Waals surface area contributed by atoms with Crippen molar-refractivity contribution in [3.8, 4) is 17.2 Å². The Morgan fingerprint density at radius 3 is 2.76 bits per heavy atom. The van der Waals surface area contributed by atoms with Gasteiger partial charge in [0, 0.05) is 17.7 Å². The molecule has 2 aromatic rings. The van der Waals surface area contributed by atoms with Crippen LogP contribution in [0.1, 0.15) is 17.2 Å². The fourth-order valence-corrected chi connectivity index (χ4v) is 2.84. The number of hydrogen-bond donors (Lipinski definition) is 1. The van der Waals surface area contributed by atoms with Crippen LogP contribution in [0, 0.1) is 0 Å². The van der Waals surface area contributed by atoms with Crippen molar-refractivity contribution in [2.75, 3.05) is 19.8 Å². The van der Waals surface area contributed by atoms with Gasteiger partial charge in [-0.3, -0.25) is 0 Å². The van der Waals surface area contributed by atoms with Gasteiger partial charge in [0.1, 0.15) is 25.6 Å². The maximum Gasteiger partial charge on any atom is 0.165 e. The highest BCUT2D eigenvalue weighted by molar-refractivity contribution is 5.47. The van der Waals surface area contributed by atoms with E-state index in [1.54, 1.807) is 0 Å². The predicted octanol–water partition coefficient (Wildman–Crippen LogP) is 2.68. The smallest absolute Gasteiger partial charge is 0.165 e. The molecule has 4 rings (SSSR count). The van der Waals surface area contributed by atoms with Crippen molar-refractivity contribution >= 4 is 0 Å². The lowest BCUT2D eigenvalue weighted by Gasteiger charge is -2.21. The molecule has 2 aliphatic rings. The van der Waals surface area contributed by atoms with Gasteiger partial charge < -0.3 is 19.5 Å². The molecule has 4 heteroatoms. The van der Waals surface area contributed by atoms with E-state index in [4.69, 9.17) is 14.2 Å². The molecule has 2 heterocycles. The van der Waals surface area contributed by atoms with Crippen molar-refractivity contribution in [2.24, 2.45) is 0 Å². The molecule has 1 atom stereocenters. The summed E-state index contributed by atoms with van der Waals surface area (Å²) >= 11 is 0. The summed E-state index contributed by atoms with van der Waals surface area (Å²) in [5, 5.41) is 3.54. The average molecular weight is 283 g/mol. The van der Waals surface area contributed by atoms with Crippen LogP contribution in [0.2, 0.25) is 0 Å². The molecule has 0 saturated heterocycles. The van der Waals surface area contributed by atoms with Crippen molar-refractivity contribution in [1.82, 2.24) is 5.32 Å². The monoisotopic (exact) mass is 283 g/mol. The molecule has 0 amide bonds. The topological polar surface area (TPSA) is 39.7 Å². The van der Waals surface area contributed by atoms with Crippen molar-refractivity contribution in [3.63, 3.8) is 0 Å². The van der Waals surface area contributed by atoms with Gasteiger partial charge >= 0.3 is 0 Å². The van der Waals surface area contributed by atoms with E-state index in [0.29, 0.717) is 19.8 Å². The lowest BCUT2D eigenvalue weighted by atomic mass is 10.1. The minimum absolute atomic E-state index is 0.224. The summed E-state index contributed by atoms with van der Waals surface area (Å²) in [5.74, 6) is 2.68. The minimum atomic E-state index is 0.224. The highest BCUT2D eigenvalue weighted by Crippen LogP contribution is 2.35. The van der Waals surface area contributed by atoms with Gasteiger partial charge in [-0.1, -0.05) is 30.3 Å². The minimum Gasteiger partial charge on any atom is -0.491 e. The van der Waals surface area contributed by atoms with Crippen molar-refractivity contribution in [2.45, 2.75) is 12.6 Å². The lowest BCUT2D eigenvalue weighted by molar-refractivity contribution is 0.169. The Kier molecular flexibility index (Phi) is 3.16. The number of nitrogens with one attached hydrogen (secondary N) is 1. The summed E-state index contributed by atoms with van der Waals surface area (Å²) in [6, 6.07) is 14.4. The molecule has 0 aliphatic carbocycles. The number of ether oxygens (including phenoxy) is 3. The average Bonchev–Trinajstić information content (AvgIpc) is 2.96. The van der Waals surface area contributed by atoms with E-state index in [1.807, 2.05) is 30.3 Å². The third-order valence-corrected chi connectivity index (χ3v) is 3.89. The first-order valence-electron chi connectivity index (χ1n) is 7.24. The van der Waals surface area contributed by atoms with E-state index >= 15 is 0 Å². The normalized spacial score (nSPS) is 19.0. The zero-order chi connectivity index (χ0) is 14.1. The SMILES string of the molecule is c1ccc2c(c1)OCC2NCc1cccc2c1OCCO2. The molecule has 0 fully saturated rings. The van der Waals surface area contributed by atoms with Crippen LogP contribution in [0.3, 0.4) is 0 Å². The molecule has 4 nitrogen and oxygen atoms in total. The fraction of sp³-hybridized carbons (Fsp3) is 0.294. The number of fused-ring (bicyclic) bond motifs is 2. The van der Waals surface area contributed by atoms with Gasteiger partial charge in [-0.05, 0) is 12.1 Å². The van der Waals surface area contributed by atoms with Crippen LogP contribution in [-0.2, 0) is 6.54 Å². The van der Waals surface area contributed by atoms with E-state index in [1.165, 1.54) is 5.56 Å². The molecule has 2 aromatic carbocycles. The van der Waals surface area contributed by atoms with E-state index in [-0.39, 0.29) is 6.04 Å². The highest BCUT2D eigenvalue weighted by Gasteiger charge is 2.24. The Hall–Kier alpha value is -2.20. The predicted molar refractivity (Wildman–Crippen MR) is 78.9 cm³/mol. The second-order valence-electron chi connectivity index (χ2n) is 5.22. The molecule has 108 valence electrons. The summed E-state index contributed by atoms with van der Waals surface area (Å²) in [5.41, 5.74) is 2.34. The maximum absolute atomic E-state index is 5.74. The van der Waals surface area contributed by atoms with Crippen LogP contribution in [0.15, 0.2) is 42.5 Å². The Bertz CT molecular complexity index is 656. The van der Waals surface area contributed by atoms with Crippen LogP contribution in [0.4, 0.5) is 0 Å². The lowest BCUT2D eigenvalue weighted by Crippen LogP contribution is -2.23. The molecular weight excluding hydrogens is 266 g/mol. The second kappa shape index (κ2) is 5.30. The summed E-state index contributed by atoms with van der Waals surface area (Å²) in [6.07, 6.45) is 0. The van der Waals surface area contributed by atoms with Crippen molar-refractivity contribution < 1.29 is 14.2 Å². The molecule has 21 heavy (non-hydrogen) atoms. The van der Waals surface area contributed by atoms with Gasteiger partial charge in [-0.15, -0.1) is 0 Å². The molecule has 2 aliphatic heterocycles. The first-order valence-corrected chi connectivity index (χ1v) is 7.24. The number of para-hydroxylation sites is 2. The molecular formula is C17H17NO3. The van der Waals surface area contributed by atoms with E-state index in [2.05, 4.69) is 17.4 Å². The molecule has 1 N–H and O–H groups in total. The standard InChI is InChI=1S/C17H17NO3/c1-2-6-15-13(5-1)14(11-21-15)18-10-12-4-3-7-16-17(12)20-9-8-19-16/h1-7,14,18H,8-11H2. The zero-order valence-electron chi connectivity index (χ0n) is 11.7. The summed E-state index contributed by atoms with van der Waals surface area (Å²) in [7, 11) is 0. The van der Waals surface area contributed by atoms with E-state index in [9.17, 15) is 0 Å². The Morgan fingerprint density at radius 1 is 0.905 bits per heavy atom. The summed E-state index contributed by atoms with van der Waals surface area (Å²) < 4.78 is 17.1. The molecule has 0 aromatic heterocycles. The third-order valence-electron chi connectivity index (χ3n) is 3.89. The summed E-state index contributed by atoms with van der Waals surface area (Å²) in [6.45, 7) is 2.63. The van der Waals surface area contributed by atoms with Crippen molar-refractivity contribution in [3.05, 3.63) is 53.6 Å². The van der Waals surface area contributed by atoms with Crippen molar-refractivity contribution in [1.29, 1.82) is 0 Å². The van der Waals surface area contributed by atoms with Crippen LogP contribution >= 0.6 is 0 Å². The van der Waals surface area contributed by atoms with Gasteiger partial charge in [0.05, 0.1) is 6.04 Å². The Balaban J connectivity index is 1.51. The van der Waals surface area contributed by atoms with Crippen LogP contribution in [0.25, 0.3) is 0 Å². The van der Waals surface area contributed by atoms with Crippen LogP contribution in [-0.4, -0.2) is 19.8 Å². The van der Waals surface area contributed by atoms with Gasteiger partial charge in [0.2, 0.25) is 0 Å². The quantitative estimate of drug-likeness (QED) is 0.940. The van der Waals surface area contributed by atoms with E-state index in [0.717, 1.165) is 29.4 Å². The maximum atomic E-state index is 5.74. The van der Waals surface area contributed by atoms with Gasteiger partial charge in [0.25, 0.3) is 0 Å². The Labute approximate surface area is 123 Å². The third kappa shape index (κ3) is 2.32. The second-order valence-corrected chi connectivity index (χ2v) is 5.22. The summed E-state index contributed by atoms with van der Waals surface area (Å²) in [4.78, 5) is 0. The molecule has 1 unspecified atom stereocenters.